The van der Waals surface area contributed by atoms with Crippen molar-refractivity contribution in [3.63, 3.8) is 0 Å². The monoisotopic (exact) mass is 233 g/mol. The highest BCUT2D eigenvalue weighted by atomic mass is 16.4. The smallest absolute Gasteiger partial charge is 0.322 e. The van der Waals surface area contributed by atoms with Crippen LogP contribution in [0.15, 0.2) is 18.2 Å². The molecule has 6 heteroatoms. The van der Waals surface area contributed by atoms with Crippen LogP contribution in [0.1, 0.15) is 17.5 Å². The summed E-state index contributed by atoms with van der Waals surface area (Å²) >= 11 is 0. The molecule has 88 valence electrons. The number of rotatable bonds is 4. The second-order valence-corrected chi connectivity index (χ2v) is 3.59. The molecule has 0 atom stereocenters. The lowest BCUT2D eigenvalue weighted by Gasteiger charge is -2.03. The first-order valence-corrected chi connectivity index (χ1v) is 5.03. The van der Waals surface area contributed by atoms with Crippen LogP contribution in [0.2, 0.25) is 0 Å². The van der Waals surface area contributed by atoms with E-state index in [2.05, 4.69) is 15.3 Å². The molecular weight excluding hydrogens is 222 g/mol. The third-order valence-corrected chi connectivity index (χ3v) is 2.28. The predicted molar refractivity (Wildman–Crippen MR) is 62.2 cm³/mol. The van der Waals surface area contributed by atoms with Gasteiger partial charge in [0.25, 0.3) is 0 Å². The molecule has 0 unspecified atom stereocenters. The lowest BCUT2D eigenvalue weighted by Crippen LogP contribution is -2.12. The largest absolute Gasteiger partial charge is 0.480 e. The number of carboxylic acid groups (broad SMARTS) is 1. The third kappa shape index (κ3) is 2.25. The number of Topliss-reactive ketones (excluding diaryl/α,β-unsaturated/α-hetero) is 1. The van der Waals surface area contributed by atoms with Crippen LogP contribution in [0, 0.1) is 0 Å². The van der Waals surface area contributed by atoms with E-state index < -0.39 is 5.97 Å². The highest BCUT2D eigenvalue weighted by Gasteiger charge is 2.10. The van der Waals surface area contributed by atoms with Gasteiger partial charge in [0.2, 0.25) is 0 Å². The van der Waals surface area contributed by atoms with E-state index in [1.165, 1.54) is 6.92 Å². The summed E-state index contributed by atoms with van der Waals surface area (Å²) in [5, 5.41) is 11.4. The molecule has 3 N–H and O–H groups in total. The summed E-state index contributed by atoms with van der Waals surface area (Å²) in [5.41, 5.74) is 1.88. The standard InChI is InChI=1S/C11H11N3O3/c1-6(15)11-13-8-4-2-3-7(10(8)14-11)12-5-9(16)17/h2-4,12H,5H2,1H3,(H,13,14)(H,16,17). The lowest BCUT2D eigenvalue weighted by atomic mass is 10.2. The number of imidazole rings is 1. The number of carbonyl (C=O) groups excluding carboxylic acids is 1. The number of H-pyrrole nitrogens is 1. The van der Waals surface area contributed by atoms with Crippen molar-refractivity contribution in [3.8, 4) is 0 Å². The first-order valence-electron chi connectivity index (χ1n) is 5.03. The summed E-state index contributed by atoms with van der Waals surface area (Å²) in [6.07, 6.45) is 0. The normalized spacial score (nSPS) is 10.4. The van der Waals surface area contributed by atoms with Crippen molar-refractivity contribution in [1.29, 1.82) is 0 Å². The zero-order valence-corrected chi connectivity index (χ0v) is 9.15. The third-order valence-electron chi connectivity index (χ3n) is 2.28. The fourth-order valence-corrected chi connectivity index (χ4v) is 1.52. The van der Waals surface area contributed by atoms with Gasteiger partial charge >= 0.3 is 5.97 Å². The molecule has 0 amide bonds. The summed E-state index contributed by atoms with van der Waals surface area (Å²) in [7, 11) is 0. The number of para-hydroxylation sites is 1. The molecule has 1 aromatic heterocycles. The number of ketones is 1. The second kappa shape index (κ2) is 4.25. The van der Waals surface area contributed by atoms with Gasteiger partial charge in [0.05, 0.1) is 16.7 Å². The van der Waals surface area contributed by atoms with E-state index in [4.69, 9.17) is 5.11 Å². The second-order valence-electron chi connectivity index (χ2n) is 3.59. The molecule has 0 aliphatic rings. The molecule has 17 heavy (non-hydrogen) atoms. The number of aliphatic carboxylic acids is 1. The van der Waals surface area contributed by atoms with Crippen molar-refractivity contribution < 1.29 is 14.7 Å². The Balaban J connectivity index is 2.42. The van der Waals surface area contributed by atoms with E-state index in [9.17, 15) is 9.59 Å². The van der Waals surface area contributed by atoms with Gasteiger partial charge in [0.15, 0.2) is 11.6 Å². The molecule has 0 spiro atoms. The number of fused-ring (bicyclic) bond motifs is 1. The first-order chi connectivity index (χ1) is 8.08. The van der Waals surface area contributed by atoms with Gasteiger partial charge in [-0.25, -0.2) is 4.98 Å². The van der Waals surface area contributed by atoms with Crippen LogP contribution in [0.4, 0.5) is 5.69 Å². The molecular formula is C11H11N3O3. The van der Waals surface area contributed by atoms with E-state index in [0.717, 1.165) is 0 Å². The van der Waals surface area contributed by atoms with Gasteiger partial charge < -0.3 is 15.4 Å². The van der Waals surface area contributed by atoms with E-state index >= 15 is 0 Å². The van der Waals surface area contributed by atoms with Gasteiger partial charge in [0.1, 0.15) is 6.54 Å². The minimum atomic E-state index is -0.951. The topological polar surface area (TPSA) is 95.1 Å². The highest BCUT2D eigenvalue weighted by molar-refractivity contribution is 5.97. The molecule has 0 saturated carbocycles. The number of hydrogen-bond acceptors (Lipinski definition) is 4. The van der Waals surface area contributed by atoms with E-state index in [0.29, 0.717) is 16.7 Å². The van der Waals surface area contributed by atoms with Crippen molar-refractivity contribution in [2.45, 2.75) is 6.92 Å². The van der Waals surface area contributed by atoms with Crippen LogP contribution in [-0.4, -0.2) is 33.4 Å². The van der Waals surface area contributed by atoms with Gasteiger partial charge in [-0.15, -0.1) is 0 Å². The average Bonchev–Trinajstić information content (AvgIpc) is 2.70. The molecule has 6 nitrogen and oxygen atoms in total. The number of aromatic amines is 1. The van der Waals surface area contributed by atoms with Crippen LogP contribution >= 0.6 is 0 Å². The van der Waals surface area contributed by atoms with Gasteiger partial charge in [-0.05, 0) is 12.1 Å². The summed E-state index contributed by atoms with van der Waals surface area (Å²) in [6, 6.07) is 5.23. The highest BCUT2D eigenvalue weighted by Crippen LogP contribution is 2.21. The van der Waals surface area contributed by atoms with E-state index in [1.807, 2.05) is 0 Å². The zero-order valence-electron chi connectivity index (χ0n) is 9.15. The number of benzene rings is 1. The molecule has 0 saturated heterocycles. The number of carboxylic acids is 1. The Hall–Kier alpha value is -2.37. The van der Waals surface area contributed by atoms with Crippen molar-refractivity contribution in [1.82, 2.24) is 9.97 Å². The molecule has 1 heterocycles. The Morgan fingerprint density at radius 2 is 2.24 bits per heavy atom. The van der Waals surface area contributed by atoms with Gasteiger partial charge in [0, 0.05) is 6.92 Å². The lowest BCUT2D eigenvalue weighted by molar-refractivity contribution is -0.134. The van der Waals surface area contributed by atoms with Gasteiger partial charge in [-0.2, -0.15) is 0 Å². The van der Waals surface area contributed by atoms with Crippen molar-refractivity contribution in [2.24, 2.45) is 0 Å². The van der Waals surface area contributed by atoms with Gasteiger partial charge in [-0.1, -0.05) is 6.07 Å². The van der Waals surface area contributed by atoms with Crippen molar-refractivity contribution >= 4 is 28.5 Å². The molecule has 0 radical (unpaired) electrons. The minimum absolute atomic E-state index is 0.162. The summed E-state index contributed by atoms with van der Waals surface area (Å²) in [4.78, 5) is 28.6. The van der Waals surface area contributed by atoms with E-state index in [1.54, 1.807) is 18.2 Å². The average molecular weight is 233 g/mol. The zero-order chi connectivity index (χ0) is 12.4. The quantitative estimate of drug-likeness (QED) is 0.691. The Labute approximate surface area is 96.7 Å². The number of nitrogens with one attached hydrogen (secondary N) is 2. The fourth-order valence-electron chi connectivity index (χ4n) is 1.52. The number of carbonyl (C=O) groups is 2. The van der Waals surface area contributed by atoms with Gasteiger partial charge in [-0.3, -0.25) is 9.59 Å². The van der Waals surface area contributed by atoms with Crippen molar-refractivity contribution in [2.75, 3.05) is 11.9 Å². The maximum absolute atomic E-state index is 11.2. The molecule has 2 aromatic rings. The Morgan fingerprint density at radius 1 is 1.47 bits per heavy atom. The number of hydrogen-bond donors (Lipinski definition) is 3. The van der Waals surface area contributed by atoms with E-state index in [-0.39, 0.29) is 18.2 Å². The molecule has 1 aromatic carbocycles. The number of aromatic nitrogens is 2. The first kappa shape index (κ1) is 11.1. The molecule has 2 rings (SSSR count). The molecule has 0 aliphatic carbocycles. The van der Waals surface area contributed by atoms with Crippen LogP contribution in [-0.2, 0) is 4.79 Å². The fraction of sp³-hybridized carbons (Fsp3) is 0.182. The summed E-state index contributed by atoms with van der Waals surface area (Å²) < 4.78 is 0. The molecule has 0 aliphatic heterocycles. The maximum Gasteiger partial charge on any atom is 0.322 e. The Morgan fingerprint density at radius 3 is 2.88 bits per heavy atom. The van der Waals surface area contributed by atoms with Crippen molar-refractivity contribution in [3.05, 3.63) is 24.0 Å². The Bertz CT molecular complexity index is 589. The SMILES string of the molecule is CC(=O)c1nc2cccc(NCC(=O)O)c2[nH]1. The minimum Gasteiger partial charge on any atom is -0.480 e. The summed E-state index contributed by atoms with van der Waals surface area (Å²) in [5.74, 6) is -0.844. The van der Waals surface area contributed by atoms with Crippen LogP contribution in [0.3, 0.4) is 0 Å². The summed E-state index contributed by atoms with van der Waals surface area (Å²) in [6.45, 7) is 1.23. The van der Waals surface area contributed by atoms with Crippen LogP contribution in [0.25, 0.3) is 11.0 Å². The Kier molecular flexibility index (Phi) is 2.78. The number of anilines is 1. The van der Waals surface area contributed by atoms with Crippen LogP contribution < -0.4 is 5.32 Å². The molecule has 0 fully saturated rings. The predicted octanol–water partition coefficient (Wildman–Crippen LogP) is 1.26. The maximum atomic E-state index is 11.2. The molecule has 0 bridgehead atoms. The van der Waals surface area contributed by atoms with Crippen LogP contribution in [0.5, 0.6) is 0 Å². The number of nitrogens with zero attached hydrogens (tertiary/aromatic N) is 1.